The molecule has 0 aliphatic heterocycles. The Morgan fingerprint density at radius 2 is 2.00 bits per heavy atom. The monoisotopic (exact) mass is 309 g/mol. The first-order valence-electron chi connectivity index (χ1n) is 7.89. The predicted octanol–water partition coefficient (Wildman–Crippen LogP) is 1.86. The second kappa shape index (κ2) is 8.78. The van der Waals surface area contributed by atoms with Gasteiger partial charge in [-0.1, -0.05) is 13.8 Å². The van der Waals surface area contributed by atoms with Crippen LogP contribution in [-0.4, -0.2) is 42.5 Å². The average Bonchev–Trinajstić information content (AvgIpc) is 2.75. The first kappa shape index (κ1) is 18.5. The van der Waals surface area contributed by atoms with Gasteiger partial charge in [0.25, 0.3) is 0 Å². The highest BCUT2D eigenvalue weighted by Crippen LogP contribution is 2.12. The number of nitrogens with zero attached hydrogens (tertiary/aromatic N) is 3. The Balaban J connectivity index is 2.68. The Bertz CT molecular complexity index is 493. The fourth-order valence-electron chi connectivity index (χ4n) is 2.13. The van der Waals surface area contributed by atoms with E-state index in [2.05, 4.69) is 48.4 Å². The molecule has 1 aromatic heterocycles. The smallest absolute Gasteiger partial charge is 0.191 e. The first-order valence-corrected chi connectivity index (χ1v) is 7.89. The molecule has 6 nitrogen and oxygen atoms in total. The van der Waals surface area contributed by atoms with Gasteiger partial charge in [0, 0.05) is 38.0 Å². The van der Waals surface area contributed by atoms with Gasteiger partial charge in [0.15, 0.2) is 5.96 Å². The van der Waals surface area contributed by atoms with Crippen molar-refractivity contribution in [3.8, 4) is 0 Å². The van der Waals surface area contributed by atoms with Crippen LogP contribution >= 0.6 is 0 Å². The number of guanidine groups is 1. The molecule has 0 amide bonds. The maximum atomic E-state index is 5.13. The summed E-state index contributed by atoms with van der Waals surface area (Å²) < 4.78 is 7.13. The molecule has 0 radical (unpaired) electrons. The largest absolute Gasteiger partial charge is 0.383 e. The van der Waals surface area contributed by atoms with E-state index in [9.17, 15) is 0 Å². The number of hydrogen-bond donors (Lipinski definition) is 2. The molecule has 2 N–H and O–H groups in total. The zero-order chi connectivity index (χ0) is 16.7. The van der Waals surface area contributed by atoms with Gasteiger partial charge >= 0.3 is 0 Å². The summed E-state index contributed by atoms with van der Waals surface area (Å²) in [5.41, 5.74) is 3.44. The Morgan fingerprint density at radius 1 is 1.32 bits per heavy atom. The van der Waals surface area contributed by atoms with Crippen LogP contribution in [0.3, 0.4) is 0 Å². The Hall–Kier alpha value is -1.56. The van der Waals surface area contributed by atoms with Gasteiger partial charge in [0.2, 0.25) is 0 Å². The lowest BCUT2D eigenvalue weighted by Gasteiger charge is -2.20. The van der Waals surface area contributed by atoms with Gasteiger partial charge in [0.1, 0.15) is 0 Å². The quantitative estimate of drug-likeness (QED) is 0.596. The fourth-order valence-corrected chi connectivity index (χ4v) is 2.13. The predicted molar refractivity (Wildman–Crippen MR) is 91.2 cm³/mol. The standard InChI is InChI=1S/C16H31N5O/c1-11(2)12(3)19-16(17-6)18-10-15-13(4)20-21(14(15)5)8-9-22-7/h11-12H,8-10H2,1-7H3,(H2,17,18,19). The minimum absolute atomic E-state index is 0.373. The van der Waals surface area contributed by atoms with Crippen molar-refractivity contribution in [2.75, 3.05) is 20.8 Å². The molecule has 1 rings (SSSR count). The molecular formula is C16H31N5O. The molecule has 0 aliphatic carbocycles. The molecule has 0 saturated heterocycles. The molecule has 1 unspecified atom stereocenters. The zero-order valence-corrected chi connectivity index (χ0v) is 15.0. The summed E-state index contributed by atoms with van der Waals surface area (Å²) >= 11 is 0. The third-order valence-corrected chi connectivity index (χ3v) is 4.06. The topological polar surface area (TPSA) is 63.5 Å². The van der Waals surface area contributed by atoms with Crippen molar-refractivity contribution >= 4 is 5.96 Å². The van der Waals surface area contributed by atoms with Crippen molar-refractivity contribution in [2.24, 2.45) is 10.9 Å². The van der Waals surface area contributed by atoms with Gasteiger partial charge in [-0.3, -0.25) is 9.67 Å². The average molecular weight is 309 g/mol. The lowest BCUT2D eigenvalue weighted by Crippen LogP contribution is -2.44. The van der Waals surface area contributed by atoms with Crippen LogP contribution in [0.1, 0.15) is 37.7 Å². The molecule has 1 heterocycles. The molecule has 1 atom stereocenters. The molecule has 126 valence electrons. The third kappa shape index (κ3) is 5.02. The normalized spacial score (nSPS) is 13.5. The molecule has 0 fully saturated rings. The Morgan fingerprint density at radius 3 is 2.55 bits per heavy atom. The second-order valence-electron chi connectivity index (χ2n) is 5.97. The van der Waals surface area contributed by atoms with E-state index in [-0.39, 0.29) is 0 Å². The summed E-state index contributed by atoms with van der Waals surface area (Å²) in [5.74, 6) is 1.38. The van der Waals surface area contributed by atoms with Crippen molar-refractivity contribution in [1.29, 1.82) is 0 Å². The molecule has 1 aromatic rings. The second-order valence-corrected chi connectivity index (χ2v) is 5.97. The van der Waals surface area contributed by atoms with Gasteiger partial charge < -0.3 is 15.4 Å². The number of ether oxygens (including phenoxy) is 1. The van der Waals surface area contributed by atoms with E-state index in [1.165, 1.54) is 11.3 Å². The summed E-state index contributed by atoms with van der Waals surface area (Å²) in [6, 6.07) is 0.373. The lowest BCUT2D eigenvalue weighted by atomic mass is 10.1. The summed E-state index contributed by atoms with van der Waals surface area (Å²) in [6.07, 6.45) is 0. The van der Waals surface area contributed by atoms with Crippen LogP contribution in [0.25, 0.3) is 0 Å². The molecule has 0 aromatic carbocycles. The minimum Gasteiger partial charge on any atom is -0.383 e. The van der Waals surface area contributed by atoms with Crippen molar-refractivity contribution in [1.82, 2.24) is 20.4 Å². The van der Waals surface area contributed by atoms with E-state index in [0.717, 1.165) is 24.7 Å². The van der Waals surface area contributed by atoms with Gasteiger partial charge in [0.05, 0.1) is 18.8 Å². The maximum Gasteiger partial charge on any atom is 0.191 e. The SMILES string of the molecule is CN=C(NCc1c(C)nn(CCOC)c1C)NC(C)C(C)C. The number of hydrogen-bond acceptors (Lipinski definition) is 3. The van der Waals surface area contributed by atoms with Crippen LogP contribution in [0.15, 0.2) is 4.99 Å². The lowest BCUT2D eigenvalue weighted by molar-refractivity contribution is 0.182. The van der Waals surface area contributed by atoms with Crippen molar-refractivity contribution in [2.45, 2.75) is 53.8 Å². The first-order chi connectivity index (χ1) is 10.4. The maximum absolute atomic E-state index is 5.13. The number of rotatable bonds is 7. The number of aromatic nitrogens is 2. The molecule has 0 aliphatic rings. The highest BCUT2D eigenvalue weighted by Gasteiger charge is 2.13. The van der Waals surface area contributed by atoms with Crippen LogP contribution < -0.4 is 10.6 Å². The molecule has 0 bridgehead atoms. The molecule has 22 heavy (non-hydrogen) atoms. The number of aliphatic imine (C=N–C) groups is 1. The van der Waals surface area contributed by atoms with E-state index in [1.807, 2.05) is 11.6 Å². The summed E-state index contributed by atoms with van der Waals surface area (Å²) in [7, 11) is 3.50. The minimum atomic E-state index is 0.373. The van der Waals surface area contributed by atoms with Crippen molar-refractivity contribution < 1.29 is 4.74 Å². The highest BCUT2D eigenvalue weighted by molar-refractivity contribution is 5.79. The number of nitrogens with one attached hydrogen (secondary N) is 2. The van der Waals surface area contributed by atoms with Crippen LogP contribution in [0.2, 0.25) is 0 Å². The van der Waals surface area contributed by atoms with Gasteiger partial charge in [-0.2, -0.15) is 5.10 Å². The number of aryl methyl sites for hydroxylation is 1. The molecule has 6 heteroatoms. The summed E-state index contributed by atoms with van der Waals surface area (Å²) in [6.45, 7) is 12.9. The van der Waals surface area contributed by atoms with Crippen molar-refractivity contribution in [3.63, 3.8) is 0 Å². The van der Waals surface area contributed by atoms with Crippen molar-refractivity contribution in [3.05, 3.63) is 17.0 Å². The highest BCUT2D eigenvalue weighted by atomic mass is 16.5. The van der Waals surface area contributed by atoms with Crippen LogP contribution in [0, 0.1) is 19.8 Å². The Labute approximate surface area is 134 Å². The summed E-state index contributed by atoms with van der Waals surface area (Å²) in [5, 5.41) is 11.4. The zero-order valence-electron chi connectivity index (χ0n) is 15.0. The van der Waals surface area contributed by atoms with Crippen LogP contribution in [0.5, 0.6) is 0 Å². The van der Waals surface area contributed by atoms with Gasteiger partial charge in [-0.15, -0.1) is 0 Å². The summed E-state index contributed by atoms with van der Waals surface area (Å²) in [4.78, 5) is 4.29. The molecular weight excluding hydrogens is 278 g/mol. The van der Waals surface area contributed by atoms with E-state index in [0.29, 0.717) is 18.6 Å². The fraction of sp³-hybridized carbons (Fsp3) is 0.750. The molecule has 0 saturated carbocycles. The van der Waals surface area contributed by atoms with Gasteiger partial charge in [-0.05, 0) is 26.7 Å². The van der Waals surface area contributed by atoms with E-state index >= 15 is 0 Å². The third-order valence-electron chi connectivity index (χ3n) is 4.06. The van der Waals surface area contributed by atoms with Gasteiger partial charge in [-0.25, -0.2) is 0 Å². The Kier molecular flexibility index (Phi) is 7.38. The van der Waals surface area contributed by atoms with Crippen LogP contribution in [0.4, 0.5) is 0 Å². The number of methoxy groups -OCH3 is 1. The molecule has 0 spiro atoms. The van der Waals surface area contributed by atoms with Crippen LogP contribution in [-0.2, 0) is 17.8 Å². The van der Waals surface area contributed by atoms with E-state index in [4.69, 9.17) is 4.74 Å². The van der Waals surface area contributed by atoms with E-state index in [1.54, 1.807) is 14.2 Å². The van der Waals surface area contributed by atoms with E-state index < -0.39 is 0 Å².